The number of aromatic nitrogens is 1. The third-order valence-electron chi connectivity index (χ3n) is 2.44. The number of pyridine rings is 1. The summed E-state index contributed by atoms with van der Waals surface area (Å²) in [5.41, 5.74) is 1.21. The first-order valence-electron chi connectivity index (χ1n) is 5.25. The summed E-state index contributed by atoms with van der Waals surface area (Å²) in [6, 6.07) is 4.83. The van der Waals surface area contributed by atoms with Gasteiger partial charge in [0, 0.05) is 25.3 Å². The Labute approximate surface area is 84.9 Å². The van der Waals surface area contributed by atoms with Crippen LogP contribution in [0.4, 0.5) is 5.82 Å². The van der Waals surface area contributed by atoms with Crippen molar-refractivity contribution in [2.24, 2.45) is 0 Å². The highest BCUT2D eigenvalue weighted by atomic mass is 15.0. The number of anilines is 1. The third kappa shape index (κ3) is 2.70. The summed E-state index contributed by atoms with van der Waals surface area (Å²) in [5.74, 6) is 1.00. The Kier molecular flexibility index (Phi) is 2.99. The van der Waals surface area contributed by atoms with Gasteiger partial charge in [-0.05, 0) is 31.4 Å². The molecule has 0 saturated heterocycles. The molecule has 76 valence electrons. The smallest absolute Gasteiger partial charge is 0.128 e. The van der Waals surface area contributed by atoms with Gasteiger partial charge in [0.25, 0.3) is 0 Å². The Bertz CT molecular complexity index is 294. The monoisotopic (exact) mass is 191 g/mol. The Morgan fingerprint density at radius 2 is 2.29 bits per heavy atom. The van der Waals surface area contributed by atoms with E-state index in [-0.39, 0.29) is 0 Å². The maximum atomic E-state index is 4.27. The minimum Gasteiger partial charge on any atom is -0.369 e. The molecule has 1 aromatic rings. The van der Waals surface area contributed by atoms with E-state index < -0.39 is 0 Å². The van der Waals surface area contributed by atoms with Gasteiger partial charge in [0.15, 0.2) is 0 Å². The molecule has 0 radical (unpaired) electrons. The van der Waals surface area contributed by atoms with Crippen LogP contribution in [0.5, 0.6) is 0 Å². The van der Waals surface area contributed by atoms with Crippen LogP contribution in [0.15, 0.2) is 18.3 Å². The third-order valence-corrected chi connectivity index (χ3v) is 2.44. The molecule has 1 fully saturated rings. The van der Waals surface area contributed by atoms with E-state index in [1.165, 1.54) is 18.4 Å². The van der Waals surface area contributed by atoms with Crippen molar-refractivity contribution in [2.75, 3.05) is 18.4 Å². The molecule has 3 heteroatoms. The average molecular weight is 191 g/mol. The van der Waals surface area contributed by atoms with E-state index in [1.807, 2.05) is 12.3 Å². The second-order valence-corrected chi connectivity index (χ2v) is 3.82. The van der Waals surface area contributed by atoms with E-state index in [9.17, 15) is 0 Å². The van der Waals surface area contributed by atoms with Crippen LogP contribution in [-0.2, 0) is 0 Å². The van der Waals surface area contributed by atoms with Crippen LogP contribution in [0.25, 0.3) is 0 Å². The van der Waals surface area contributed by atoms with Crippen LogP contribution in [0.3, 0.4) is 0 Å². The van der Waals surface area contributed by atoms with Crippen molar-refractivity contribution in [3.63, 3.8) is 0 Å². The molecular weight excluding hydrogens is 174 g/mol. The largest absolute Gasteiger partial charge is 0.369 e. The van der Waals surface area contributed by atoms with Crippen molar-refractivity contribution in [1.29, 1.82) is 0 Å². The van der Waals surface area contributed by atoms with E-state index in [1.54, 1.807) is 0 Å². The van der Waals surface area contributed by atoms with Crippen molar-refractivity contribution in [2.45, 2.75) is 25.8 Å². The first-order valence-corrected chi connectivity index (χ1v) is 5.25. The Balaban J connectivity index is 1.71. The summed E-state index contributed by atoms with van der Waals surface area (Å²) < 4.78 is 0. The normalized spacial score (nSPS) is 15.5. The first kappa shape index (κ1) is 9.46. The van der Waals surface area contributed by atoms with Gasteiger partial charge >= 0.3 is 0 Å². The first-order chi connectivity index (χ1) is 6.86. The lowest BCUT2D eigenvalue weighted by atomic mass is 10.3. The molecule has 14 heavy (non-hydrogen) atoms. The molecule has 0 spiro atoms. The average Bonchev–Trinajstić information content (AvgIpc) is 2.99. The fraction of sp³-hybridized carbons (Fsp3) is 0.545. The fourth-order valence-corrected chi connectivity index (χ4v) is 1.42. The van der Waals surface area contributed by atoms with Gasteiger partial charge in [0.05, 0.1) is 0 Å². The van der Waals surface area contributed by atoms with Crippen LogP contribution in [0.2, 0.25) is 0 Å². The maximum Gasteiger partial charge on any atom is 0.128 e. The lowest BCUT2D eigenvalue weighted by Gasteiger charge is -2.08. The zero-order valence-corrected chi connectivity index (χ0v) is 8.59. The van der Waals surface area contributed by atoms with Gasteiger partial charge in [-0.15, -0.1) is 0 Å². The van der Waals surface area contributed by atoms with Gasteiger partial charge in [-0.2, -0.15) is 0 Å². The number of hydrogen-bond acceptors (Lipinski definition) is 3. The molecule has 1 aromatic heterocycles. The molecule has 0 atom stereocenters. The lowest BCUT2D eigenvalue weighted by molar-refractivity contribution is 0.700. The SMILES string of the molecule is Cc1cccnc1NCCNC1CC1. The molecule has 0 unspecified atom stereocenters. The van der Waals surface area contributed by atoms with Crippen LogP contribution < -0.4 is 10.6 Å². The molecule has 1 aliphatic rings. The number of nitrogens with one attached hydrogen (secondary N) is 2. The molecule has 1 saturated carbocycles. The highest BCUT2D eigenvalue weighted by molar-refractivity contribution is 5.42. The Morgan fingerprint density at radius 3 is 3.00 bits per heavy atom. The fourth-order valence-electron chi connectivity index (χ4n) is 1.42. The van der Waals surface area contributed by atoms with E-state index in [2.05, 4.69) is 28.6 Å². The van der Waals surface area contributed by atoms with Crippen molar-refractivity contribution in [1.82, 2.24) is 10.3 Å². The quantitative estimate of drug-likeness (QED) is 0.693. The van der Waals surface area contributed by atoms with Gasteiger partial charge in [-0.3, -0.25) is 0 Å². The van der Waals surface area contributed by atoms with E-state index >= 15 is 0 Å². The summed E-state index contributed by atoms with van der Waals surface area (Å²) in [6.45, 7) is 4.05. The molecule has 0 aromatic carbocycles. The molecule has 0 amide bonds. The van der Waals surface area contributed by atoms with Crippen LogP contribution >= 0.6 is 0 Å². The van der Waals surface area contributed by atoms with E-state index in [0.29, 0.717) is 0 Å². The van der Waals surface area contributed by atoms with Crippen LogP contribution in [0.1, 0.15) is 18.4 Å². The number of rotatable bonds is 5. The number of hydrogen-bond donors (Lipinski definition) is 2. The second-order valence-electron chi connectivity index (χ2n) is 3.82. The van der Waals surface area contributed by atoms with Crippen molar-refractivity contribution in [3.8, 4) is 0 Å². The van der Waals surface area contributed by atoms with E-state index in [0.717, 1.165) is 24.9 Å². The lowest BCUT2D eigenvalue weighted by Crippen LogP contribution is -2.24. The van der Waals surface area contributed by atoms with Crippen molar-refractivity contribution >= 4 is 5.82 Å². The van der Waals surface area contributed by atoms with Crippen molar-refractivity contribution < 1.29 is 0 Å². The van der Waals surface area contributed by atoms with Crippen molar-refractivity contribution in [3.05, 3.63) is 23.9 Å². The zero-order valence-electron chi connectivity index (χ0n) is 8.59. The molecule has 1 aliphatic carbocycles. The topological polar surface area (TPSA) is 37.0 Å². The highest BCUT2D eigenvalue weighted by Crippen LogP contribution is 2.18. The predicted octanol–water partition coefficient (Wildman–Crippen LogP) is 1.55. The van der Waals surface area contributed by atoms with Gasteiger partial charge in [-0.25, -0.2) is 4.98 Å². The Morgan fingerprint density at radius 1 is 1.43 bits per heavy atom. The van der Waals surface area contributed by atoms with E-state index in [4.69, 9.17) is 0 Å². The highest BCUT2D eigenvalue weighted by Gasteiger charge is 2.19. The maximum absolute atomic E-state index is 4.27. The molecule has 0 bridgehead atoms. The summed E-state index contributed by atoms with van der Waals surface area (Å²) in [6.07, 6.45) is 4.52. The summed E-state index contributed by atoms with van der Waals surface area (Å²) in [4.78, 5) is 4.27. The molecule has 0 aliphatic heterocycles. The Hall–Kier alpha value is -1.09. The van der Waals surface area contributed by atoms with Crippen LogP contribution in [0, 0.1) is 6.92 Å². The van der Waals surface area contributed by atoms with Gasteiger partial charge < -0.3 is 10.6 Å². The van der Waals surface area contributed by atoms with Gasteiger partial charge in [-0.1, -0.05) is 6.07 Å². The molecule has 3 nitrogen and oxygen atoms in total. The summed E-state index contributed by atoms with van der Waals surface area (Å²) in [5, 5.41) is 6.78. The zero-order chi connectivity index (χ0) is 9.80. The predicted molar refractivity (Wildman–Crippen MR) is 58.5 cm³/mol. The molecule has 2 rings (SSSR count). The van der Waals surface area contributed by atoms with Gasteiger partial charge in [0.1, 0.15) is 5.82 Å². The summed E-state index contributed by atoms with van der Waals surface area (Å²) >= 11 is 0. The molecule has 2 N–H and O–H groups in total. The number of aryl methyl sites for hydroxylation is 1. The molecular formula is C11H17N3. The standard InChI is InChI=1S/C11H17N3/c1-9-3-2-6-13-11(9)14-8-7-12-10-4-5-10/h2-3,6,10,12H,4-5,7-8H2,1H3,(H,13,14). The summed E-state index contributed by atoms with van der Waals surface area (Å²) in [7, 11) is 0. The van der Waals surface area contributed by atoms with Gasteiger partial charge in [0.2, 0.25) is 0 Å². The number of nitrogens with zero attached hydrogens (tertiary/aromatic N) is 1. The minimum atomic E-state index is 0.793. The van der Waals surface area contributed by atoms with Crippen LogP contribution in [-0.4, -0.2) is 24.1 Å². The molecule has 1 heterocycles. The second kappa shape index (κ2) is 4.42. The minimum absolute atomic E-state index is 0.793.